The summed E-state index contributed by atoms with van der Waals surface area (Å²) in [7, 11) is 1.76. The fraction of sp³-hybridized carbons (Fsp3) is 0.583. The van der Waals surface area contributed by atoms with Crippen LogP contribution in [0.5, 0.6) is 0 Å². The van der Waals surface area contributed by atoms with E-state index >= 15 is 0 Å². The van der Waals surface area contributed by atoms with Crippen LogP contribution in [0.4, 0.5) is 5.95 Å². The van der Waals surface area contributed by atoms with E-state index in [1.807, 2.05) is 4.57 Å². The molecule has 2 N–H and O–H groups in total. The van der Waals surface area contributed by atoms with E-state index in [0.29, 0.717) is 0 Å². The van der Waals surface area contributed by atoms with Gasteiger partial charge in [0.05, 0.1) is 24.7 Å². The van der Waals surface area contributed by atoms with Crippen LogP contribution in [0.3, 0.4) is 0 Å². The average Bonchev–Trinajstić information content (AvgIpc) is 2.66. The highest BCUT2D eigenvalue weighted by Gasteiger charge is 2.62. The summed E-state index contributed by atoms with van der Waals surface area (Å²) < 4.78 is 7.68. The second kappa shape index (κ2) is 3.41. The fourth-order valence-corrected chi connectivity index (χ4v) is 2.61. The zero-order chi connectivity index (χ0) is 13.0. The van der Waals surface area contributed by atoms with Gasteiger partial charge in [-0.3, -0.25) is 0 Å². The van der Waals surface area contributed by atoms with Crippen LogP contribution < -0.4 is 5.73 Å². The molecule has 1 saturated carbocycles. The molecular formula is C12H17N5O. The summed E-state index contributed by atoms with van der Waals surface area (Å²) in [6, 6.07) is 0. The largest absolute Gasteiger partial charge is 0.376 e. The Bertz CT molecular complexity index is 606. The zero-order valence-corrected chi connectivity index (χ0v) is 10.8. The second-order valence-electron chi connectivity index (χ2n) is 5.57. The van der Waals surface area contributed by atoms with Gasteiger partial charge in [-0.15, -0.1) is 0 Å². The molecule has 6 heteroatoms. The number of methoxy groups -OCH3 is 1. The van der Waals surface area contributed by atoms with Crippen molar-refractivity contribution in [2.75, 3.05) is 12.8 Å². The molecule has 1 aliphatic rings. The predicted molar refractivity (Wildman–Crippen MR) is 67.9 cm³/mol. The van der Waals surface area contributed by atoms with Gasteiger partial charge in [0.25, 0.3) is 0 Å². The van der Waals surface area contributed by atoms with Crippen molar-refractivity contribution in [1.82, 2.24) is 19.5 Å². The van der Waals surface area contributed by atoms with Gasteiger partial charge in [0.15, 0.2) is 5.65 Å². The first-order valence-corrected chi connectivity index (χ1v) is 5.96. The van der Waals surface area contributed by atoms with Crippen LogP contribution in [-0.4, -0.2) is 32.2 Å². The third-order valence-electron chi connectivity index (χ3n) is 4.03. The topological polar surface area (TPSA) is 78.8 Å². The van der Waals surface area contributed by atoms with Gasteiger partial charge in [-0.25, -0.2) is 9.97 Å². The summed E-state index contributed by atoms with van der Waals surface area (Å²) in [5, 5.41) is 0. The van der Waals surface area contributed by atoms with Crippen molar-refractivity contribution in [3.05, 3.63) is 12.5 Å². The monoisotopic (exact) mass is 247 g/mol. The van der Waals surface area contributed by atoms with Crippen molar-refractivity contribution < 1.29 is 4.74 Å². The number of anilines is 1. The Hall–Kier alpha value is -1.69. The van der Waals surface area contributed by atoms with Crippen LogP contribution in [-0.2, 0) is 11.3 Å². The van der Waals surface area contributed by atoms with E-state index in [1.165, 1.54) is 0 Å². The first-order chi connectivity index (χ1) is 8.47. The van der Waals surface area contributed by atoms with Gasteiger partial charge in [0.2, 0.25) is 5.95 Å². The van der Waals surface area contributed by atoms with Gasteiger partial charge in [0, 0.05) is 7.11 Å². The highest BCUT2D eigenvalue weighted by Crippen LogP contribution is 2.58. The molecule has 0 aliphatic heterocycles. The van der Waals surface area contributed by atoms with Crippen molar-refractivity contribution in [3.8, 4) is 0 Å². The van der Waals surface area contributed by atoms with E-state index in [2.05, 4.69) is 28.8 Å². The number of hydrogen-bond acceptors (Lipinski definition) is 5. The van der Waals surface area contributed by atoms with Crippen LogP contribution in [0, 0.1) is 5.41 Å². The maximum atomic E-state index is 5.69. The summed E-state index contributed by atoms with van der Waals surface area (Å²) in [6.45, 7) is 5.15. The highest BCUT2D eigenvalue weighted by molar-refractivity contribution is 5.70. The average molecular weight is 247 g/mol. The molecule has 0 aromatic carbocycles. The molecule has 2 aromatic heterocycles. The summed E-state index contributed by atoms with van der Waals surface area (Å²) in [5.74, 6) is 0.269. The van der Waals surface area contributed by atoms with E-state index in [-0.39, 0.29) is 17.0 Å². The molecule has 18 heavy (non-hydrogen) atoms. The van der Waals surface area contributed by atoms with Crippen molar-refractivity contribution in [2.45, 2.75) is 32.4 Å². The fourth-order valence-electron chi connectivity index (χ4n) is 2.61. The Labute approximate surface area is 105 Å². The molecular weight excluding hydrogens is 230 g/mol. The molecule has 96 valence electrons. The van der Waals surface area contributed by atoms with E-state index in [4.69, 9.17) is 10.5 Å². The Morgan fingerprint density at radius 1 is 1.44 bits per heavy atom. The third kappa shape index (κ3) is 1.49. The number of imidazole rings is 1. The minimum atomic E-state index is -0.125. The smallest absolute Gasteiger partial charge is 0.222 e. The zero-order valence-electron chi connectivity index (χ0n) is 10.8. The Morgan fingerprint density at radius 3 is 2.78 bits per heavy atom. The van der Waals surface area contributed by atoms with Crippen LogP contribution in [0.25, 0.3) is 11.2 Å². The van der Waals surface area contributed by atoms with Crippen LogP contribution in [0.15, 0.2) is 12.5 Å². The second-order valence-corrected chi connectivity index (χ2v) is 5.57. The molecule has 0 spiro atoms. The summed E-state index contributed by atoms with van der Waals surface area (Å²) in [6.07, 6.45) is 4.45. The molecule has 1 fully saturated rings. The molecule has 6 nitrogen and oxygen atoms in total. The first-order valence-electron chi connectivity index (χ1n) is 5.96. The highest BCUT2D eigenvalue weighted by atomic mass is 16.5. The summed E-state index contributed by atoms with van der Waals surface area (Å²) in [5.41, 5.74) is 7.21. The van der Waals surface area contributed by atoms with Crippen LogP contribution in [0.1, 0.15) is 20.3 Å². The normalized spacial score (nSPS) is 25.5. The number of aromatic nitrogens is 4. The number of nitrogens with zero attached hydrogens (tertiary/aromatic N) is 4. The lowest BCUT2D eigenvalue weighted by Crippen LogP contribution is -2.25. The quantitative estimate of drug-likeness (QED) is 0.882. The number of fused-ring (bicyclic) bond motifs is 1. The Morgan fingerprint density at radius 2 is 2.17 bits per heavy atom. The van der Waals surface area contributed by atoms with E-state index in [0.717, 1.165) is 24.1 Å². The number of nitrogens with two attached hydrogens (primary N) is 1. The van der Waals surface area contributed by atoms with E-state index < -0.39 is 0 Å². The summed E-state index contributed by atoms with van der Waals surface area (Å²) >= 11 is 0. The van der Waals surface area contributed by atoms with Gasteiger partial charge in [-0.1, -0.05) is 13.8 Å². The van der Waals surface area contributed by atoms with Gasteiger partial charge in [-0.2, -0.15) is 4.98 Å². The van der Waals surface area contributed by atoms with Crippen molar-refractivity contribution in [3.63, 3.8) is 0 Å². The Balaban J connectivity index is 1.99. The number of hydrogen-bond donors (Lipinski definition) is 1. The van der Waals surface area contributed by atoms with Gasteiger partial charge >= 0.3 is 0 Å². The molecule has 0 radical (unpaired) electrons. The number of ether oxygens (including phenoxy) is 1. The maximum Gasteiger partial charge on any atom is 0.222 e. The minimum absolute atomic E-state index is 0.125. The molecule has 1 unspecified atom stereocenters. The minimum Gasteiger partial charge on any atom is -0.376 e. The van der Waals surface area contributed by atoms with E-state index in [9.17, 15) is 0 Å². The third-order valence-corrected chi connectivity index (χ3v) is 4.03. The van der Waals surface area contributed by atoms with Crippen LogP contribution in [0.2, 0.25) is 0 Å². The lowest BCUT2D eigenvalue weighted by atomic mass is 10.1. The SMILES string of the molecule is COC1(Cn2cnc3cnc(N)nc32)CC1(C)C. The molecule has 0 saturated heterocycles. The summed E-state index contributed by atoms with van der Waals surface area (Å²) in [4.78, 5) is 12.5. The lowest BCUT2D eigenvalue weighted by Gasteiger charge is -2.19. The van der Waals surface area contributed by atoms with E-state index in [1.54, 1.807) is 19.6 Å². The predicted octanol–water partition coefficient (Wildman–Crippen LogP) is 1.22. The lowest BCUT2D eigenvalue weighted by molar-refractivity contribution is 0.0350. The van der Waals surface area contributed by atoms with Crippen molar-refractivity contribution in [1.29, 1.82) is 0 Å². The van der Waals surface area contributed by atoms with Crippen molar-refractivity contribution in [2.24, 2.45) is 5.41 Å². The first kappa shape index (κ1) is 11.4. The van der Waals surface area contributed by atoms with Crippen LogP contribution >= 0.6 is 0 Å². The van der Waals surface area contributed by atoms with Gasteiger partial charge < -0.3 is 15.0 Å². The molecule has 1 atom stereocenters. The van der Waals surface area contributed by atoms with Crippen molar-refractivity contribution >= 4 is 17.1 Å². The van der Waals surface area contributed by atoms with Gasteiger partial charge in [0.1, 0.15) is 5.52 Å². The molecule has 1 aliphatic carbocycles. The molecule has 2 heterocycles. The molecule has 2 aromatic rings. The number of nitrogen functional groups attached to an aromatic ring is 1. The molecule has 0 bridgehead atoms. The van der Waals surface area contributed by atoms with Gasteiger partial charge in [-0.05, 0) is 11.8 Å². The number of rotatable bonds is 3. The standard InChI is InChI=1S/C12H17N5O/c1-11(2)5-12(11,18-3)6-17-7-15-8-4-14-10(13)16-9(8)17/h4,7H,5-6H2,1-3H3,(H2,13,14,16). The molecule has 0 amide bonds. The maximum absolute atomic E-state index is 5.69. The Kier molecular flexibility index (Phi) is 2.16. The molecule has 3 rings (SSSR count).